The normalized spacial score (nSPS) is 13.1. The SMILES string of the molecule is CCCC(C(=O)NC(CCC(N)=O)C(=O)O)n1c(C)cccc1=O. The zero-order valence-electron chi connectivity index (χ0n) is 13.8. The van der Waals surface area contributed by atoms with Crippen molar-refractivity contribution in [3.8, 4) is 0 Å². The first kappa shape index (κ1) is 19.4. The van der Waals surface area contributed by atoms with Crippen LogP contribution in [0, 0.1) is 6.92 Å². The first-order chi connectivity index (χ1) is 11.3. The molecule has 1 aromatic heterocycles. The number of nitrogens with zero attached hydrogens (tertiary/aromatic N) is 1. The molecule has 0 aliphatic carbocycles. The number of aliphatic carboxylic acids is 1. The monoisotopic (exact) mass is 337 g/mol. The molecule has 1 aromatic rings. The van der Waals surface area contributed by atoms with E-state index < -0.39 is 29.9 Å². The molecule has 4 N–H and O–H groups in total. The summed E-state index contributed by atoms with van der Waals surface area (Å²) in [6.07, 6.45) is 0.772. The van der Waals surface area contributed by atoms with Gasteiger partial charge in [0.15, 0.2) is 0 Å². The molecule has 0 aliphatic rings. The summed E-state index contributed by atoms with van der Waals surface area (Å²) in [5.74, 6) is -2.46. The number of carboxylic acids is 1. The summed E-state index contributed by atoms with van der Waals surface area (Å²) in [5, 5.41) is 11.6. The van der Waals surface area contributed by atoms with Crippen LogP contribution in [0.4, 0.5) is 0 Å². The van der Waals surface area contributed by atoms with E-state index in [4.69, 9.17) is 5.73 Å². The molecule has 8 heteroatoms. The highest BCUT2D eigenvalue weighted by Crippen LogP contribution is 2.15. The predicted octanol–water partition coefficient (Wildman–Crippen LogP) is 0.333. The molecule has 1 rings (SSSR count). The molecular formula is C16H23N3O5. The van der Waals surface area contributed by atoms with Crippen molar-refractivity contribution in [1.29, 1.82) is 0 Å². The Morgan fingerprint density at radius 3 is 2.46 bits per heavy atom. The lowest BCUT2D eigenvalue weighted by Gasteiger charge is -2.23. The van der Waals surface area contributed by atoms with E-state index in [1.54, 1.807) is 19.1 Å². The highest BCUT2D eigenvalue weighted by molar-refractivity contribution is 5.86. The van der Waals surface area contributed by atoms with E-state index in [2.05, 4.69) is 5.32 Å². The quantitative estimate of drug-likeness (QED) is 0.597. The fourth-order valence-corrected chi connectivity index (χ4v) is 2.47. The van der Waals surface area contributed by atoms with Gasteiger partial charge in [-0.15, -0.1) is 0 Å². The minimum absolute atomic E-state index is 0.0993. The predicted molar refractivity (Wildman–Crippen MR) is 87.4 cm³/mol. The van der Waals surface area contributed by atoms with E-state index in [-0.39, 0.29) is 18.4 Å². The number of aryl methyl sites for hydroxylation is 1. The van der Waals surface area contributed by atoms with Crippen LogP contribution in [0.25, 0.3) is 0 Å². The average Bonchev–Trinajstić information content (AvgIpc) is 2.49. The third-order valence-electron chi connectivity index (χ3n) is 3.66. The van der Waals surface area contributed by atoms with Gasteiger partial charge in [0.25, 0.3) is 5.56 Å². The number of amides is 2. The van der Waals surface area contributed by atoms with Crippen LogP contribution in [0.5, 0.6) is 0 Å². The van der Waals surface area contributed by atoms with Crippen LogP contribution in [0.3, 0.4) is 0 Å². The van der Waals surface area contributed by atoms with Gasteiger partial charge in [-0.3, -0.25) is 14.4 Å². The zero-order valence-corrected chi connectivity index (χ0v) is 13.8. The lowest BCUT2D eigenvalue weighted by molar-refractivity contribution is -0.142. The summed E-state index contributed by atoms with van der Waals surface area (Å²) in [6, 6.07) is 2.62. The highest BCUT2D eigenvalue weighted by atomic mass is 16.4. The van der Waals surface area contributed by atoms with Crippen LogP contribution in [0.15, 0.2) is 23.0 Å². The van der Waals surface area contributed by atoms with Crippen molar-refractivity contribution in [1.82, 2.24) is 9.88 Å². The topological polar surface area (TPSA) is 131 Å². The number of aromatic nitrogens is 1. The van der Waals surface area contributed by atoms with E-state index in [0.29, 0.717) is 18.5 Å². The molecule has 24 heavy (non-hydrogen) atoms. The average molecular weight is 337 g/mol. The molecule has 132 valence electrons. The van der Waals surface area contributed by atoms with E-state index >= 15 is 0 Å². The number of hydrogen-bond acceptors (Lipinski definition) is 4. The largest absolute Gasteiger partial charge is 0.480 e. The number of carbonyl (C=O) groups is 3. The van der Waals surface area contributed by atoms with Gasteiger partial charge in [0.1, 0.15) is 12.1 Å². The molecule has 0 radical (unpaired) electrons. The number of primary amides is 1. The van der Waals surface area contributed by atoms with Crippen molar-refractivity contribution in [3.05, 3.63) is 34.2 Å². The molecular weight excluding hydrogens is 314 g/mol. The van der Waals surface area contributed by atoms with Gasteiger partial charge in [-0.25, -0.2) is 4.79 Å². The summed E-state index contributed by atoms with van der Waals surface area (Å²) in [5.41, 5.74) is 5.30. The Morgan fingerprint density at radius 2 is 1.96 bits per heavy atom. The summed E-state index contributed by atoms with van der Waals surface area (Å²) >= 11 is 0. The number of carbonyl (C=O) groups excluding carboxylic acids is 2. The second kappa shape index (κ2) is 8.85. The van der Waals surface area contributed by atoms with Gasteiger partial charge < -0.3 is 20.7 Å². The third-order valence-corrected chi connectivity index (χ3v) is 3.66. The van der Waals surface area contributed by atoms with Crippen LogP contribution in [-0.2, 0) is 14.4 Å². The van der Waals surface area contributed by atoms with Gasteiger partial charge >= 0.3 is 5.97 Å². The van der Waals surface area contributed by atoms with Crippen LogP contribution in [0.1, 0.15) is 44.3 Å². The first-order valence-corrected chi connectivity index (χ1v) is 7.77. The summed E-state index contributed by atoms with van der Waals surface area (Å²) in [7, 11) is 0. The molecule has 1 heterocycles. The standard InChI is InChI=1S/C16H23N3O5/c1-3-5-12(19-10(2)6-4-7-14(19)21)15(22)18-11(16(23)24)8-9-13(17)20/h4,6-7,11-12H,3,5,8-9H2,1-2H3,(H2,17,20)(H,18,22)(H,23,24). The molecule has 2 atom stereocenters. The number of hydrogen-bond donors (Lipinski definition) is 3. The second-order valence-corrected chi connectivity index (χ2v) is 5.58. The fourth-order valence-electron chi connectivity index (χ4n) is 2.47. The lowest BCUT2D eigenvalue weighted by Crippen LogP contribution is -2.46. The maximum Gasteiger partial charge on any atom is 0.326 e. The van der Waals surface area contributed by atoms with Crippen molar-refractivity contribution in [2.45, 2.75) is 51.6 Å². The molecule has 2 unspecified atom stereocenters. The molecule has 0 saturated carbocycles. The fraction of sp³-hybridized carbons (Fsp3) is 0.500. The van der Waals surface area contributed by atoms with Crippen LogP contribution in [-0.4, -0.2) is 33.5 Å². The summed E-state index contributed by atoms with van der Waals surface area (Å²) < 4.78 is 1.35. The van der Waals surface area contributed by atoms with Crippen LogP contribution < -0.4 is 16.6 Å². The minimum atomic E-state index is -1.25. The zero-order chi connectivity index (χ0) is 18.3. The van der Waals surface area contributed by atoms with Gasteiger partial charge in [0.2, 0.25) is 11.8 Å². The summed E-state index contributed by atoms with van der Waals surface area (Å²) in [6.45, 7) is 3.57. The Kier molecular flexibility index (Phi) is 7.16. The number of nitrogens with one attached hydrogen (secondary N) is 1. The van der Waals surface area contributed by atoms with Crippen LogP contribution in [0.2, 0.25) is 0 Å². The second-order valence-electron chi connectivity index (χ2n) is 5.58. The Morgan fingerprint density at radius 1 is 1.29 bits per heavy atom. The highest BCUT2D eigenvalue weighted by Gasteiger charge is 2.27. The van der Waals surface area contributed by atoms with Gasteiger partial charge in [-0.2, -0.15) is 0 Å². The Labute approximate surface area is 139 Å². The Hall–Kier alpha value is -2.64. The molecule has 0 bridgehead atoms. The van der Waals surface area contributed by atoms with E-state index in [9.17, 15) is 24.3 Å². The van der Waals surface area contributed by atoms with Gasteiger partial charge in [-0.05, 0) is 25.8 Å². The van der Waals surface area contributed by atoms with Crippen molar-refractivity contribution in [2.75, 3.05) is 0 Å². The maximum absolute atomic E-state index is 12.5. The Balaban J connectivity index is 3.03. The number of nitrogens with two attached hydrogens (primary N) is 1. The molecule has 2 amide bonds. The van der Waals surface area contributed by atoms with Gasteiger partial charge in [-0.1, -0.05) is 19.4 Å². The molecule has 0 aromatic carbocycles. The van der Waals surface area contributed by atoms with Crippen molar-refractivity contribution in [3.63, 3.8) is 0 Å². The van der Waals surface area contributed by atoms with E-state index in [1.165, 1.54) is 10.6 Å². The van der Waals surface area contributed by atoms with E-state index in [0.717, 1.165) is 0 Å². The molecule has 0 fully saturated rings. The lowest BCUT2D eigenvalue weighted by atomic mass is 10.1. The molecule has 0 aliphatic heterocycles. The number of pyridine rings is 1. The number of rotatable bonds is 9. The van der Waals surface area contributed by atoms with Crippen molar-refractivity contribution < 1.29 is 19.5 Å². The van der Waals surface area contributed by atoms with Crippen LogP contribution >= 0.6 is 0 Å². The maximum atomic E-state index is 12.5. The minimum Gasteiger partial charge on any atom is -0.480 e. The van der Waals surface area contributed by atoms with Crippen molar-refractivity contribution in [2.24, 2.45) is 5.73 Å². The van der Waals surface area contributed by atoms with Gasteiger partial charge in [0, 0.05) is 18.2 Å². The smallest absolute Gasteiger partial charge is 0.326 e. The molecule has 8 nitrogen and oxygen atoms in total. The molecule has 0 spiro atoms. The van der Waals surface area contributed by atoms with Gasteiger partial charge in [0.05, 0.1) is 0 Å². The Bertz CT molecular complexity index is 668. The first-order valence-electron chi connectivity index (χ1n) is 7.77. The third kappa shape index (κ3) is 5.22. The number of carboxylic acid groups (broad SMARTS) is 1. The summed E-state index contributed by atoms with van der Waals surface area (Å²) in [4.78, 5) is 46.7. The van der Waals surface area contributed by atoms with E-state index in [1.807, 2.05) is 6.92 Å². The molecule has 0 saturated heterocycles. The van der Waals surface area contributed by atoms with Crippen molar-refractivity contribution >= 4 is 17.8 Å².